The summed E-state index contributed by atoms with van der Waals surface area (Å²) in [5, 5.41) is 37.3. The molecular formula is C41H43N7O4. The van der Waals surface area contributed by atoms with Crippen molar-refractivity contribution in [1.29, 1.82) is 5.26 Å². The summed E-state index contributed by atoms with van der Waals surface area (Å²) in [6.45, 7) is 8.98. The van der Waals surface area contributed by atoms with Crippen LogP contribution >= 0.6 is 0 Å². The highest BCUT2D eigenvalue weighted by Gasteiger charge is 2.45. The number of fused-ring (bicyclic) bond motifs is 2. The van der Waals surface area contributed by atoms with Gasteiger partial charge in [-0.25, -0.2) is 9.97 Å². The van der Waals surface area contributed by atoms with Gasteiger partial charge >= 0.3 is 5.97 Å². The Kier molecular flexibility index (Phi) is 9.88. The summed E-state index contributed by atoms with van der Waals surface area (Å²) in [6.07, 6.45) is 10.5. The zero-order chi connectivity index (χ0) is 36.4. The third kappa shape index (κ3) is 6.93. The molecule has 7 rings (SSSR count). The molecule has 11 nitrogen and oxygen atoms in total. The van der Waals surface area contributed by atoms with E-state index in [2.05, 4.69) is 65.8 Å². The maximum absolute atomic E-state index is 11.5. The van der Waals surface area contributed by atoms with Gasteiger partial charge in [0.05, 0.1) is 17.6 Å². The number of aromatic nitrogens is 3. The standard InChI is InChI=1S/C41H43N7O4/c1-25-7-4-5-8-33(25)34-9-6-13-41(27(34)3,47-38-36-31(10-14-44-38)18-29(23-45-36)22-43-21-26(2)49)40-46-35-19-28(17-32(20-42)37(35)52-40)24-48-15-11-30(12-16-48)39(50)51/h4-10,13-14,17-19,23,26-27,30,43,49H,11-12,15-16,21-22,24H2,1-3H3,(H,44,47)(H,50,51)/t26?,27-,41?/m0/s1. The Morgan fingerprint density at radius 2 is 1.96 bits per heavy atom. The molecule has 1 fully saturated rings. The number of nitrogens with zero attached hydrogens (tertiary/aromatic N) is 5. The smallest absolute Gasteiger partial charge is 0.306 e. The van der Waals surface area contributed by atoms with Crippen LogP contribution in [0.25, 0.3) is 27.6 Å². The molecule has 5 aromatic rings. The van der Waals surface area contributed by atoms with E-state index in [1.165, 1.54) is 0 Å². The molecule has 2 aromatic carbocycles. The first kappa shape index (κ1) is 35.0. The van der Waals surface area contributed by atoms with E-state index in [0.29, 0.717) is 79.5 Å². The fraction of sp³-hybridized carbons (Fsp3) is 0.341. The van der Waals surface area contributed by atoms with E-state index in [9.17, 15) is 20.3 Å². The molecule has 3 atom stereocenters. The van der Waals surface area contributed by atoms with Crippen molar-refractivity contribution in [3.63, 3.8) is 0 Å². The topological polar surface area (TPSA) is 160 Å². The summed E-state index contributed by atoms with van der Waals surface area (Å²) in [5.41, 5.74) is 6.33. The zero-order valence-corrected chi connectivity index (χ0v) is 29.6. The lowest BCUT2D eigenvalue weighted by Gasteiger charge is -2.39. The third-order valence-electron chi connectivity index (χ3n) is 10.4. The molecule has 52 heavy (non-hydrogen) atoms. The second-order valence-electron chi connectivity index (χ2n) is 14.1. The number of pyridine rings is 2. The van der Waals surface area contributed by atoms with Gasteiger partial charge in [0.25, 0.3) is 0 Å². The number of nitriles is 1. The molecule has 266 valence electrons. The first-order valence-electron chi connectivity index (χ1n) is 17.8. The number of carboxylic acids is 1. The van der Waals surface area contributed by atoms with Crippen LogP contribution in [0.5, 0.6) is 0 Å². The number of carboxylic acid groups (broad SMARTS) is 1. The minimum absolute atomic E-state index is 0.201. The summed E-state index contributed by atoms with van der Waals surface area (Å²) < 4.78 is 6.64. The molecule has 11 heteroatoms. The van der Waals surface area contributed by atoms with Gasteiger partial charge in [0.2, 0.25) is 5.89 Å². The van der Waals surface area contributed by atoms with Crippen molar-refractivity contribution >= 4 is 39.4 Å². The predicted octanol–water partition coefficient (Wildman–Crippen LogP) is 6.32. The lowest BCUT2D eigenvalue weighted by atomic mass is 9.73. The Balaban J connectivity index is 1.29. The number of hydrogen-bond donors (Lipinski definition) is 4. The SMILES string of the molecule is Cc1ccccc1C1=CC=CC(Nc2nccc3cc(CNCC(C)O)cnc23)(c2nc3cc(CN4CCC(C(=O)O)CC4)cc(C#N)c3o2)[C@H]1C. The van der Waals surface area contributed by atoms with Crippen molar-refractivity contribution in [2.45, 2.75) is 58.3 Å². The van der Waals surface area contributed by atoms with Crippen LogP contribution in [0.1, 0.15) is 60.4 Å². The highest BCUT2D eigenvalue weighted by Crippen LogP contribution is 2.46. The van der Waals surface area contributed by atoms with Crippen LogP contribution in [0.4, 0.5) is 5.82 Å². The minimum atomic E-state index is -1.02. The predicted molar refractivity (Wildman–Crippen MR) is 200 cm³/mol. The number of piperidine rings is 1. The highest BCUT2D eigenvalue weighted by atomic mass is 16.4. The van der Waals surface area contributed by atoms with Gasteiger partial charge in [0, 0.05) is 43.3 Å². The fourth-order valence-electron chi connectivity index (χ4n) is 7.47. The van der Waals surface area contributed by atoms with Crippen molar-refractivity contribution in [2.24, 2.45) is 11.8 Å². The third-order valence-corrected chi connectivity index (χ3v) is 10.4. The molecule has 0 amide bonds. The number of aliphatic carboxylic acids is 1. The maximum atomic E-state index is 11.5. The molecule has 0 saturated carbocycles. The number of oxazole rings is 1. The Hall–Kier alpha value is -5.41. The number of nitrogens with one attached hydrogen (secondary N) is 2. The number of rotatable bonds is 11. The molecule has 0 spiro atoms. The van der Waals surface area contributed by atoms with Gasteiger partial charge in [-0.05, 0) is 97.9 Å². The van der Waals surface area contributed by atoms with Gasteiger partial charge in [-0.15, -0.1) is 0 Å². The van der Waals surface area contributed by atoms with Crippen LogP contribution in [0, 0.1) is 30.1 Å². The van der Waals surface area contributed by atoms with Crippen LogP contribution in [0.3, 0.4) is 0 Å². The summed E-state index contributed by atoms with van der Waals surface area (Å²) in [5.74, 6) is -0.285. The molecule has 1 aliphatic heterocycles. The zero-order valence-electron chi connectivity index (χ0n) is 29.6. The van der Waals surface area contributed by atoms with E-state index >= 15 is 0 Å². The molecule has 1 saturated heterocycles. The number of likely N-dealkylation sites (tertiary alicyclic amines) is 1. The van der Waals surface area contributed by atoms with Gasteiger partial charge < -0.3 is 25.3 Å². The number of hydrogen-bond acceptors (Lipinski definition) is 10. The van der Waals surface area contributed by atoms with E-state index in [-0.39, 0.29) is 11.8 Å². The van der Waals surface area contributed by atoms with E-state index in [1.807, 2.05) is 42.6 Å². The fourth-order valence-corrected chi connectivity index (χ4v) is 7.47. The lowest BCUT2D eigenvalue weighted by molar-refractivity contribution is -0.143. The van der Waals surface area contributed by atoms with Gasteiger partial charge in [0.15, 0.2) is 11.4 Å². The second kappa shape index (κ2) is 14.7. The second-order valence-corrected chi connectivity index (χ2v) is 14.1. The Bertz CT molecular complexity index is 2230. The average molecular weight is 698 g/mol. The summed E-state index contributed by atoms with van der Waals surface area (Å²) in [4.78, 5) is 28.5. The number of anilines is 1. The number of benzene rings is 2. The lowest BCUT2D eigenvalue weighted by Crippen LogP contribution is -2.42. The van der Waals surface area contributed by atoms with Crippen molar-refractivity contribution < 1.29 is 19.4 Å². The summed E-state index contributed by atoms with van der Waals surface area (Å²) >= 11 is 0. The molecular weight excluding hydrogens is 654 g/mol. The molecule has 2 unspecified atom stereocenters. The van der Waals surface area contributed by atoms with Crippen LogP contribution < -0.4 is 10.6 Å². The number of allylic oxidation sites excluding steroid dienone is 2. The van der Waals surface area contributed by atoms with Gasteiger partial charge in [0.1, 0.15) is 22.6 Å². The number of aliphatic hydroxyl groups excluding tert-OH is 1. The molecule has 4 heterocycles. The van der Waals surface area contributed by atoms with E-state index in [0.717, 1.165) is 33.2 Å². The largest absolute Gasteiger partial charge is 0.481 e. The summed E-state index contributed by atoms with van der Waals surface area (Å²) in [6, 6.07) is 18.5. The highest BCUT2D eigenvalue weighted by molar-refractivity contribution is 5.89. The quantitative estimate of drug-likeness (QED) is 0.122. The Labute approximate surface area is 302 Å². The van der Waals surface area contributed by atoms with Gasteiger partial charge in [-0.2, -0.15) is 5.26 Å². The van der Waals surface area contributed by atoms with Crippen molar-refractivity contribution in [3.05, 3.63) is 113 Å². The van der Waals surface area contributed by atoms with E-state index in [1.54, 1.807) is 13.1 Å². The van der Waals surface area contributed by atoms with Gasteiger partial charge in [-0.3, -0.25) is 14.7 Å². The van der Waals surface area contributed by atoms with Crippen LogP contribution in [-0.2, 0) is 23.4 Å². The number of aryl methyl sites for hydroxylation is 1. The van der Waals surface area contributed by atoms with Crippen molar-refractivity contribution in [1.82, 2.24) is 25.2 Å². The van der Waals surface area contributed by atoms with Crippen molar-refractivity contribution in [2.75, 3.05) is 25.0 Å². The normalized spacial score (nSPS) is 20.1. The van der Waals surface area contributed by atoms with Crippen LogP contribution in [0.2, 0.25) is 0 Å². The van der Waals surface area contributed by atoms with Crippen molar-refractivity contribution in [3.8, 4) is 6.07 Å². The van der Waals surface area contributed by atoms with E-state index < -0.39 is 17.6 Å². The Morgan fingerprint density at radius 3 is 2.71 bits per heavy atom. The molecule has 4 N–H and O–H groups in total. The summed E-state index contributed by atoms with van der Waals surface area (Å²) in [7, 11) is 0. The molecule has 0 bridgehead atoms. The van der Waals surface area contributed by atoms with E-state index in [4.69, 9.17) is 19.4 Å². The maximum Gasteiger partial charge on any atom is 0.306 e. The minimum Gasteiger partial charge on any atom is -0.481 e. The first-order valence-corrected chi connectivity index (χ1v) is 17.8. The molecule has 2 aliphatic rings. The Morgan fingerprint density at radius 1 is 1.15 bits per heavy atom. The first-order chi connectivity index (χ1) is 25.1. The average Bonchev–Trinajstić information content (AvgIpc) is 3.58. The van der Waals surface area contributed by atoms with Crippen LogP contribution in [0.15, 0.2) is 83.6 Å². The van der Waals surface area contributed by atoms with Gasteiger partial charge in [-0.1, -0.05) is 43.3 Å². The molecule has 3 aromatic heterocycles. The number of aliphatic hydroxyl groups is 1. The molecule has 1 aliphatic carbocycles. The van der Waals surface area contributed by atoms with Crippen LogP contribution in [-0.4, -0.2) is 61.8 Å². The monoisotopic (exact) mass is 697 g/mol. The molecule has 0 radical (unpaired) electrons. The number of carbonyl (C=O) groups is 1.